The Labute approximate surface area is 193 Å². The molecule has 1 aromatic rings. The molecular weight excluding hydrogens is 414 g/mol. The van der Waals surface area contributed by atoms with Crippen molar-refractivity contribution in [1.29, 1.82) is 0 Å². The van der Waals surface area contributed by atoms with Crippen molar-refractivity contribution in [3.05, 3.63) is 29.3 Å². The van der Waals surface area contributed by atoms with Crippen molar-refractivity contribution in [2.75, 3.05) is 59.1 Å². The van der Waals surface area contributed by atoms with Crippen LogP contribution in [0.4, 0.5) is 4.79 Å². The lowest BCUT2D eigenvalue weighted by molar-refractivity contribution is 0.0387. The van der Waals surface area contributed by atoms with Gasteiger partial charge in [0.1, 0.15) is 5.75 Å². The lowest BCUT2D eigenvalue weighted by atomic mass is 9.95. The van der Waals surface area contributed by atoms with Crippen LogP contribution >= 0.6 is 12.4 Å². The predicted molar refractivity (Wildman–Crippen MR) is 125 cm³/mol. The molecule has 2 amide bonds. The highest BCUT2D eigenvalue weighted by atomic mass is 35.5. The Hall–Kier alpha value is -1.50. The standard InChI is InChI=1S/C24H37N3O3.ClH/c1-3-25(19(2)16-21-4-5-22-8-13-30-23(22)17-21)18-20-6-9-26(10-7-20)24(28)27-11-14-29-15-12-27;/h4-5,17,19-20H,3,6-16,18H2,1-2H3;1H. The summed E-state index contributed by atoms with van der Waals surface area (Å²) in [6, 6.07) is 7.46. The lowest BCUT2D eigenvalue weighted by Gasteiger charge is -2.39. The van der Waals surface area contributed by atoms with Crippen LogP contribution in [-0.4, -0.2) is 85.9 Å². The first-order chi connectivity index (χ1) is 14.6. The molecule has 7 heteroatoms. The van der Waals surface area contributed by atoms with Crippen LogP contribution < -0.4 is 4.74 Å². The van der Waals surface area contributed by atoms with Crippen molar-refractivity contribution in [2.45, 2.75) is 45.6 Å². The second kappa shape index (κ2) is 11.4. The van der Waals surface area contributed by atoms with Crippen LogP contribution in [0.5, 0.6) is 5.75 Å². The van der Waals surface area contributed by atoms with E-state index < -0.39 is 0 Å². The van der Waals surface area contributed by atoms with E-state index >= 15 is 0 Å². The molecular formula is C24H38ClN3O3. The van der Waals surface area contributed by atoms with Gasteiger partial charge in [0.2, 0.25) is 0 Å². The fourth-order valence-electron chi connectivity index (χ4n) is 5.02. The molecule has 0 saturated carbocycles. The maximum absolute atomic E-state index is 12.7. The molecule has 0 bridgehead atoms. The maximum atomic E-state index is 12.7. The summed E-state index contributed by atoms with van der Waals surface area (Å²) in [7, 11) is 0. The monoisotopic (exact) mass is 451 g/mol. The predicted octanol–water partition coefficient (Wildman–Crippen LogP) is 3.46. The Balaban J connectivity index is 0.00000272. The number of rotatable bonds is 6. The van der Waals surface area contributed by atoms with Crippen molar-refractivity contribution in [3.63, 3.8) is 0 Å². The summed E-state index contributed by atoms with van der Waals surface area (Å²) < 4.78 is 11.1. The maximum Gasteiger partial charge on any atom is 0.320 e. The minimum atomic E-state index is 0. The van der Waals surface area contributed by atoms with Gasteiger partial charge in [-0.05, 0) is 55.8 Å². The van der Waals surface area contributed by atoms with Crippen LogP contribution in [0.2, 0.25) is 0 Å². The summed E-state index contributed by atoms with van der Waals surface area (Å²) >= 11 is 0. The molecule has 0 aliphatic carbocycles. The van der Waals surface area contributed by atoms with Crippen molar-refractivity contribution in [2.24, 2.45) is 5.92 Å². The van der Waals surface area contributed by atoms with Crippen molar-refractivity contribution in [1.82, 2.24) is 14.7 Å². The molecule has 0 N–H and O–H groups in total. The quantitative estimate of drug-likeness (QED) is 0.664. The number of morpholine rings is 1. The van der Waals surface area contributed by atoms with E-state index in [1.165, 1.54) is 11.1 Å². The normalized spacial score (nSPS) is 20.2. The number of likely N-dealkylation sites (N-methyl/N-ethyl adjacent to an activating group) is 1. The second-order valence-corrected chi connectivity index (χ2v) is 8.99. The molecule has 0 aromatic heterocycles. The highest BCUT2D eigenvalue weighted by molar-refractivity contribution is 5.85. The van der Waals surface area contributed by atoms with E-state index in [2.05, 4.69) is 36.9 Å². The van der Waals surface area contributed by atoms with Crippen molar-refractivity contribution >= 4 is 18.4 Å². The molecule has 1 atom stereocenters. The number of ether oxygens (including phenoxy) is 2. The summed E-state index contributed by atoms with van der Waals surface area (Å²) in [4.78, 5) is 19.3. The molecule has 0 radical (unpaired) electrons. The second-order valence-electron chi connectivity index (χ2n) is 8.99. The molecule has 6 nitrogen and oxygen atoms in total. The number of amides is 2. The number of carbonyl (C=O) groups is 1. The van der Waals surface area contributed by atoms with Crippen LogP contribution in [0.1, 0.15) is 37.8 Å². The highest BCUT2D eigenvalue weighted by Gasteiger charge is 2.28. The van der Waals surface area contributed by atoms with Crippen LogP contribution in [0, 0.1) is 5.92 Å². The third kappa shape index (κ3) is 6.05. The van der Waals surface area contributed by atoms with E-state index in [1.807, 2.05) is 9.80 Å². The molecule has 3 heterocycles. The average molecular weight is 452 g/mol. The molecule has 4 rings (SSSR count). The molecule has 174 valence electrons. The Morgan fingerprint density at radius 3 is 2.55 bits per heavy atom. The number of carbonyl (C=O) groups excluding carboxylic acids is 1. The first-order valence-electron chi connectivity index (χ1n) is 11.7. The van der Waals surface area contributed by atoms with E-state index in [9.17, 15) is 4.79 Å². The summed E-state index contributed by atoms with van der Waals surface area (Å²) in [6.07, 6.45) is 4.30. The van der Waals surface area contributed by atoms with Gasteiger partial charge in [-0.3, -0.25) is 0 Å². The number of hydrogen-bond donors (Lipinski definition) is 0. The lowest BCUT2D eigenvalue weighted by Crippen LogP contribution is -2.51. The summed E-state index contributed by atoms with van der Waals surface area (Å²) in [6.45, 7) is 12.2. The minimum absolute atomic E-state index is 0. The first-order valence-corrected chi connectivity index (χ1v) is 11.7. The van der Waals surface area contributed by atoms with E-state index in [-0.39, 0.29) is 18.4 Å². The number of fused-ring (bicyclic) bond motifs is 1. The van der Waals surface area contributed by atoms with Crippen molar-refractivity contribution in [3.8, 4) is 5.75 Å². The fraction of sp³-hybridized carbons (Fsp3) is 0.708. The number of halogens is 1. The van der Waals surface area contributed by atoms with Crippen LogP contribution in [0.3, 0.4) is 0 Å². The Morgan fingerprint density at radius 1 is 1.13 bits per heavy atom. The first kappa shape index (κ1) is 24.1. The number of piperidine rings is 1. The number of urea groups is 1. The Kier molecular flexibility index (Phi) is 8.87. The number of benzene rings is 1. The van der Waals surface area contributed by atoms with E-state index in [4.69, 9.17) is 9.47 Å². The molecule has 0 spiro atoms. The van der Waals surface area contributed by atoms with Crippen LogP contribution in [0.15, 0.2) is 18.2 Å². The molecule has 1 aromatic carbocycles. The van der Waals surface area contributed by atoms with Gasteiger partial charge in [-0.15, -0.1) is 12.4 Å². The molecule has 3 aliphatic heterocycles. The van der Waals surface area contributed by atoms with Gasteiger partial charge in [0.15, 0.2) is 0 Å². The topological polar surface area (TPSA) is 45.2 Å². The summed E-state index contributed by atoms with van der Waals surface area (Å²) in [5, 5.41) is 0. The molecule has 2 saturated heterocycles. The SMILES string of the molecule is CCN(CC1CCN(C(=O)N2CCOCC2)CC1)C(C)Cc1ccc2c(c1)OCC2.Cl. The van der Waals surface area contributed by atoms with Gasteiger partial charge in [0, 0.05) is 45.2 Å². The third-order valence-corrected chi connectivity index (χ3v) is 6.98. The number of hydrogen-bond acceptors (Lipinski definition) is 4. The van der Waals surface area contributed by atoms with Gasteiger partial charge in [-0.1, -0.05) is 19.1 Å². The molecule has 31 heavy (non-hydrogen) atoms. The van der Waals surface area contributed by atoms with Crippen LogP contribution in [-0.2, 0) is 17.6 Å². The summed E-state index contributed by atoms with van der Waals surface area (Å²) in [5.41, 5.74) is 2.71. The summed E-state index contributed by atoms with van der Waals surface area (Å²) in [5.74, 6) is 1.75. The van der Waals surface area contributed by atoms with E-state index in [0.717, 1.165) is 77.3 Å². The zero-order valence-electron chi connectivity index (χ0n) is 19.1. The Morgan fingerprint density at radius 2 is 1.84 bits per heavy atom. The zero-order chi connectivity index (χ0) is 20.9. The van der Waals surface area contributed by atoms with Gasteiger partial charge >= 0.3 is 6.03 Å². The highest BCUT2D eigenvalue weighted by Crippen LogP contribution is 2.27. The average Bonchev–Trinajstić information content (AvgIpc) is 3.26. The van der Waals surface area contributed by atoms with Gasteiger partial charge < -0.3 is 24.2 Å². The molecule has 2 fully saturated rings. The number of likely N-dealkylation sites (tertiary alicyclic amines) is 1. The third-order valence-electron chi connectivity index (χ3n) is 6.98. The van der Waals surface area contributed by atoms with Gasteiger partial charge in [-0.2, -0.15) is 0 Å². The van der Waals surface area contributed by atoms with Gasteiger partial charge in [0.25, 0.3) is 0 Å². The van der Waals surface area contributed by atoms with Gasteiger partial charge in [-0.25, -0.2) is 4.79 Å². The van der Waals surface area contributed by atoms with Gasteiger partial charge in [0.05, 0.1) is 19.8 Å². The fourth-order valence-corrected chi connectivity index (χ4v) is 5.02. The zero-order valence-corrected chi connectivity index (χ0v) is 19.9. The Bertz CT molecular complexity index is 718. The molecule has 3 aliphatic rings. The molecule has 1 unspecified atom stereocenters. The minimum Gasteiger partial charge on any atom is -0.493 e. The van der Waals surface area contributed by atoms with Crippen molar-refractivity contribution < 1.29 is 14.3 Å². The largest absolute Gasteiger partial charge is 0.493 e. The van der Waals surface area contributed by atoms with E-state index in [1.54, 1.807) is 0 Å². The van der Waals surface area contributed by atoms with Crippen LogP contribution in [0.25, 0.3) is 0 Å². The number of nitrogens with zero attached hydrogens (tertiary/aromatic N) is 3. The van der Waals surface area contributed by atoms with E-state index in [0.29, 0.717) is 25.2 Å². The smallest absolute Gasteiger partial charge is 0.320 e.